The van der Waals surface area contributed by atoms with Gasteiger partial charge in [-0.25, -0.2) is 0 Å². The fourth-order valence-corrected chi connectivity index (χ4v) is 2.92. The summed E-state index contributed by atoms with van der Waals surface area (Å²) in [4.78, 5) is 4.15. The molecule has 0 aliphatic heterocycles. The van der Waals surface area contributed by atoms with Crippen LogP contribution in [0.1, 0.15) is 16.7 Å². The molecule has 0 saturated carbocycles. The highest BCUT2D eigenvalue weighted by atomic mass is 19.4. The van der Waals surface area contributed by atoms with E-state index in [4.69, 9.17) is 0 Å². The molecule has 0 N–H and O–H groups in total. The average Bonchev–Trinajstić information content (AvgIpc) is 2.60. The van der Waals surface area contributed by atoms with Crippen LogP contribution in [0, 0.1) is 6.92 Å². The van der Waals surface area contributed by atoms with Gasteiger partial charge in [0.2, 0.25) is 0 Å². The van der Waals surface area contributed by atoms with Crippen LogP contribution in [-0.4, -0.2) is 4.98 Å². The van der Waals surface area contributed by atoms with Gasteiger partial charge in [-0.3, -0.25) is 4.98 Å². The van der Waals surface area contributed by atoms with E-state index in [0.29, 0.717) is 23.3 Å². The van der Waals surface area contributed by atoms with E-state index in [9.17, 15) is 26.3 Å². The van der Waals surface area contributed by atoms with Crippen LogP contribution in [-0.2, 0) is 12.4 Å². The largest absolute Gasteiger partial charge is 0.417 e. The number of aryl methyl sites for hydroxylation is 1. The Labute approximate surface area is 151 Å². The summed E-state index contributed by atoms with van der Waals surface area (Å²) in [7, 11) is 0. The molecule has 1 nitrogen and oxygen atoms in total. The molecule has 0 bridgehead atoms. The minimum atomic E-state index is -5.14. The summed E-state index contributed by atoms with van der Waals surface area (Å²) in [5.41, 5.74) is -1.24. The molecular formula is C20H13F6N. The molecule has 0 radical (unpaired) electrons. The molecule has 27 heavy (non-hydrogen) atoms. The first-order valence-corrected chi connectivity index (χ1v) is 7.89. The smallest absolute Gasteiger partial charge is 0.256 e. The number of benzene rings is 2. The second-order valence-corrected chi connectivity index (χ2v) is 5.97. The molecule has 140 valence electrons. The molecule has 0 atom stereocenters. The normalized spacial score (nSPS) is 12.3. The molecule has 0 saturated heterocycles. The van der Waals surface area contributed by atoms with Crippen LogP contribution in [0.15, 0.2) is 60.8 Å². The number of nitrogens with zero attached hydrogens (tertiary/aromatic N) is 1. The number of halogens is 6. The van der Waals surface area contributed by atoms with Crippen molar-refractivity contribution in [1.82, 2.24) is 4.98 Å². The minimum absolute atomic E-state index is 0.0297. The van der Waals surface area contributed by atoms with Crippen LogP contribution in [0.25, 0.3) is 22.4 Å². The molecule has 3 rings (SSSR count). The minimum Gasteiger partial charge on any atom is -0.256 e. The van der Waals surface area contributed by atoms with E-state index < -0.39 is 23.5 Å². The van der Waals surface area contributed by atoms with Gasteiger partial charge in [-0.1, -0.05) is 36.4 Å². The van der Waals surface area contributed by atoms with Gasteiger partial charge in [0.05, 0.1) is 16.8 Å². The fraction of sp³-hybridized carbons (Fsp3) is 0.150. The third kappa shape index (κ3) is 3.82. The SMILES string of the molecule is Cc1ccnc(-c2ccc(C(F)(F)F)c(C(F)(F)F)c2)c1-c1ccccc1. The van der Waals surface area contributed by atoms with Crippen molar-refractivity contribution in [1.29, 1.82) is 0 Å². The third-order valence-electron chi connectivity index (χ3n) is 4.13. The Hall–Kier alpha value is -2.83. The van der Waals surface area contributed by atoms with Gasteiger partial charge in [0.25, 0.3) is 0 Å². The van der Waals surface area contributed by atoms with Crippen molar-refractivity contribution in [3.63, 3.8) is 0 Å². The van der Waals surface area contributed by atoms with Crippen molar-refractivity contribution in [2.75, 3.05) is 0 Å². The maximum absolute atomic E-state index is 13.3. The number of hydrogen-bond donors (Lipinski definition) is 0. The Morgan fingerprint density at radius 2 is 1.33 bits per heavy atom. The summed E-state index contributed by atoms with van der Waals surface area (Å²) in [6, 6.07) is 12.5. The summed E-state index contributed by atoms with van der Waals surface area (Å²) in [6.45, 7) is 1.77. The quantitative estimate of drug-likeness (QED) is 0.447. The molecule has 0 amide bonds. The lowest BCUT2D eigenvalue weighted by Gasteiger charge is -2.18. The molecule has 7 heteroatoms. The Kier molecular flexibility index (Phi) is 4.71. The number of rotatable bonds is 2. The van der Waals surface area contributed by atoms with Gasteiger partial charge >= 0.3 is 12.4 Å². The summed E-state index contributed by atoms with van der Waals surface area (Å²) >= 11 is 0. The van der Waals surface area contributed by atoms with Gasteiger partial charge in [-0.15, -0.1) is 0 Å². The van der Waals surface area contributed by atoms with E-state index in [0.717, 1.165) is 11.6 Å². The Morgan fingerprint density at radius 3 is 1.93 bits per heavy atom. The zero-order valence-corrected chi connectivity index (χ0v) is 14.0. The fourth-order valence-electron chi connectivity index (χ4n) is 2.92. The number of pyridine rings is 1. The van der Waals surface area contributed by atoms with Crippen LogP contribution < -0.4 is 0 Å². The average molecular weight is 381 g/mol. The topological polar surface area (TPSA) is 12.9 Å². The van der Waals surface area contributed by atoms with Gasteiger partial charge in [0.15, 0.2) is 0 Å². The van der Waals surface area contributed by atoms with Crippen LogP contribution >= 0.6 is 0 Å². The number of hydrogen-bond acceptors (Lipinski definition) is 1. The van der Waals surface area contributed by atoms with Gasteiger partial charge in [-0.05, 0) is 36.2 Å². The van der Waals surface area contributed by atoms with Crippen molar-refractivity contribution >= 4 is 0 Å². The standard InChI is InChI=1S/C20H13F6N/c1-12-9-10-27-18(17(12)13-5-3-2-4-6-13)14-7-8-15(19(21,22)23)16(11-14)20(24,25)26/h2-11H,1H3. The van der Waals surface area contributed by atoms with Crippen molar-refractivity contribution < 1.29 is 26.3 Å². The van der Waals surface area contributed by atoms with E-state index in [2.05, 4.69) is 4.98 Å². The predicted octanol–water partition coefficient (Wildman–Crippen LogP) is 6.76. The first-order chi connectivity index (χ1) is 12.6. The molecule has 0 spiro atoms. The Bertz CT molecular complexity index is 958. The van der Waals surface area contributed by atoms with E-state index >= 15 is 0 Å². The van der Waals surface area contributed by atoms with Gasteiger partial charge < -0.3 is 0 Å². The highest BCUT2D eigenvalue weighted by molar-refractivity contribution is 5.83. The van der Waals surface area contributed by atoms with Crippen LogP contribution in [0.2, 0.25) is 0 Å². The maximum Gasteiger partial charge on any atom is 0.417 e. The zero-order valence-electron chi connectivity index (χ0n) is 14.0. The third-order valence-corrected chi connectivity index (χ3v) is 4.13. The lowest BCUT2D eigenvalue weighted by molar-refractivity contribution is -0.162. The summed E-state index contributed by atoms with van der Waals surface area (Å²) in [6.07, 6.45) is -8.83. The number of aromatic nitrogens is 1. The van der Waals surface area contributed by atoms with Crippen LogP contribution in [0.3, 0.4) is 0 Å². The second-order valence-electron chi connectivity index (χ2n) is 5.97. The van der Waals surface area contributed by atoms with Gasteiger partial charge in [-0.2, -0.15) is 26.3 Å². The van der Waals surface area contributed by atoms with Gasteiger partial charge in [0, 0.05) is 17.3 Å². The van der Waals surface area contributed by atoms with Crippen molar-refractivity contribution in [3.05, 3.63) is 77.5 Å². The monoisotopic (exact) mass is 381 g/mol. The van der Waals surface area contributed by atoms with E-state index in [-0.39, 0.29) is 11.3 Å². The highest BCUT2D eigenvalue weighted by Gasteiger charge is 2.43. The summed E-state index contributed by atoms with van der Waals surface area (Å²) in [5.74, 6) is 0. The molecule has 3 aromatic rings. The molecule has 1 heterocycles. The molecular weight excluding hydrogens is 368 g/mol. The first-order valence-electron chi connectivity index (χ1n) is 7.89. The summed E-state index contributed by atoms with van der Waals surface area (Å²) < 4.78 is 78.8. The van der Waals surface area contributed by atoms with E-state index in [1.54, 1.807) is 43.3 Å². The van der Waals surface area contributed by atoms with Crippen molar-refractivity contribution in [2.24, 2.45) is 0 Å². The Balaban J connectivity index is 2.26. The van der Waals surface area contributed by atoms with Crippen molar-refractivity contribution in [3.8, 4) is 22.4 Å². The molecule has 0 aliphatic carbocycles. The molecule has 2 aromatic carbocycles. The molecule has 0 aliphatic rings. The highest BCUT2D eigenvalue weighted by Crippen LogP contribution is 2.43. The summed E-state index contributed by atoms with van der Waals surface area (Å²) in [5, 5.41) is 0. The molecule has 1 aromatic heterocycles. The number of alkyl halides is 6. The van der Waals surface area contributed by atoms with Crippen molar-refractivity contribution in [2.45, 2.75) is 19.3 Å². The van der Waals surface area contributed by atoms with Crippen LogP contribution in [0.4, 0.5) is 26.3 Å². The first kappa shape index (κ1) is 18.9. The Morgan fingerprint density at radius 1 is 0.704 bits per heavy atom. The maximum atomic E-state index is 13.3. The molecule has 0 fully saturated rings. The van der Waals surface area contributed by atoms with Crippen LogP contribution in [0.5, 0.6) is 0 Å². The van der Waals surface area contributed by atoms with Gasteiger partial charge in [0.1, 0.15) is 0 Å². The lowest BCUT2D eigenvalue weighted by atomic mass is 9.93. The lowest BCUT2D eigenvalue weighted by Crippen LogP contribution is -2.16. The molecule has 0 unspecified atom stereocenters. The van der Waals surface area contributed by atoms with E-state index in [1.807, 2.05) is 0 Å². The zero-order chi connectivity index (χ0) is 19.8. The second kappa shape index (κ2) is 6.72. The van der Waals surface area contributed by atoms with E-state index in [1.165, 1.54) is 6.20 Å². The predicted molar refractivity (Wildman–Crippen MR) is 89.8 cm³/mol.